The Morgan fingerprint density at radius 2 is 1.39 bits per heavy atom. The largest absolute Gasteiger partial charge is 0.508 e. The van der Waals surface area contributed by atoms with Crippen molar-refractivity contribution in [1.82, 2.24) is 20.4 Å². The fourth-order valence-electron chi connectivity index (χ4n) is 11.3. The molecule has 0 bridgehead atoms. The topological polar surface area (TPSA) is 105 Å². The summed E-state index contributed by atoms with van der Waals surface area (Å²) in [5.74, 6) is 0.549. The van der Waals surface area contributed by atoms with Gasteiger partial charge in [-0.2, -0.15) is 0 Å². The van der Waals surface area contributed by atoms with Gasteiger partial charge in [-0.3, -0.25) is 24.6 Å². The average Bonchev–Trinajstić information content (AvgIpc) is 3.28. The van der Waals surface area contributed by atoms with Crippen molar-refractivity contribution in [3.8, 4) is 5.75 Å². The van der Waals surface area contributed by atoms with Crippen LogP contribution in [-0.4, -0.2) is 91.0 Å². The van der Waals surface area contributed by atoms with Crippen LogP contribution in [0.2, 0.25) is 0 Å². The minimum absolute atomic E-state index is 0.0768. The Bertz CT molecular complexity index is 2180. The normalized spacial score (nSPS) is 25.5. The van der Waals surface area contributed by atoms with Gasteiger partial charge >= 0.3 is 0 Å². The van der Waals surface area contributed by atoms with Gasteiger partial charge in [-0.05, 0) is 146 Å². The first-order valence-electron chi connectivity index (χ1n) is 22.9. The summed E-state index contributed by atoms with van der Waals surface area (Å²) in [6.07, 6.45) is 9.57. The van der Waals surface area contributed by atoms with Gasteiger partial charge in [0.2, 0.25) is 11.8 Å². The summed E-state index contributed by atoms with van der Waals surface area (Å²) in [7, 11) is 0. The molecule has 9 rings (SSSR count). The number of aromatic hydroxyl groups is 1. The number of phenolic OH excluding ortho intramolecular Hbond substituents is 1. The van der Waals surface area contributed by atoms with Crippen LogP contribution < -0.4 is 15.5 Å². The molecule has 10 heteroatoms. The van der Waals surface area contributed by atoms with Crippen LogP contribution in [0.4, 0.5) is 10.1 Å². The fraction of sp³-hybridized carbons (Fsp3) is 0.471. The van der Waals surface area contributed by atoms with Gasteiger partial charge in [0.15, 0.2) is 0 Å². The number of likely N-dealkylation sites (tertiary alicyclic amines) is 1. The van der Waals surface area contributed by atoms with Gasteiger partial charge in [-0.1, -0.05) is 67.4 Å². The van der Waals surface area contributed by atoms with Crippen LogP contribution in [0, 0.1) is 17.7 Å². The number of hydrogen-bond donors (Lipinski definition) is 3. The highest BCUT2D eigenvalue weighted by Gasteiger charge is 2.34. The number of benzene rings is 4. The number of imide groups is 1. The number of amides is 3. The molecular weight excluding hydrogens is 766 g/mol. The van der Waals surface area contributed by atoms with Crippen LogP contribution in [0.3, 0.4) is 0 Å². The predicted octanol–water partition coefficient (Wildman–Crippen LogP) is 7.74. The molecule has 0 radical (unpaired) electrons. The Labute approximate surface area is 359 Å². The standard InChI is InChI=1S/C51H60FN5O4/c52-46-31-37(12-18-45(46)50(60)53-47-20-21-48(59)54-51(47)61)34-22-24-55(25-23-34)32-39-8-4-5-9-40(39)33-56-26-28-57(29-27-56)41-14-10-36(11-15-41)49-43(35-6-2-1-3-7-35)17-13-38-30-42(58)16-19-44(38)49/h1-3,6-7,10-12,14-16,18-19,30-31,34,39-40,43,47,49,58H,4-5,8-9,13,17,20-29,32-33H2,(H,53,60)(H,54,59,61)/t39-,40-,43+,47?,49-/m0/s1. The zero-order valence-corrected chi connectivity index (χ0v) is 35.2. The Hall–Kier alpha value is -5.06. The van der Waals surface area contributed by atoms with E-state index >= 15 is 4.39 Å². The second-order valence-electron chi connectivity index (χ2n) is 18.4. The minimum Gasteiger partial charge on any atom is -0.508 e. The number of carbonyl (C=O) groups excluding carboxylic acids is 3. The molecule has 320 valence electrons. The van der Waals surface area contributed by atoms with Crippen molar-refractivity contribution in [2.75, 3.05) is 57.3 Å². The van der Waals surface area contributed by atoms with Gasteiger partial charge in [-0.25, -0.2) is 4.39 Å². The lowest BCUT2D eigenvalue weighted by atomic mass is 9.69. The summed E-state index contributed by atoms with van der Waals surface area (Å²) < 4.78 is 15.2. The molecular formula is C51H60FN5O4. The van der Waals surface area contributed by atoms with Crippen molar-refractivity contribution in [3.05, 3.63) is 130 Å². The quantitative estimate of drug-likeness (QED) is 0.141. The zero-order chi connectivity index (χ0) is 41.9. The van der Waals surface area contributed by atoms with Gasteiger partial charge in [0.05, 0.1) is 5.56 Å². The van der Waals surface area contributed by atoms with Crippen LogP contribution in [0.15, 0.2) is 91.0 Å². The van der Waals surface area contributed by atoms with Crippen LogP contribution in [-0.2, 0) is 16.0 Å². The number of fused-ring (bicyclic) bond motifs is 1. The molecule has 3 saturated heterocycles. The number of piperazine rings is 1. The van der Waals surface area contributed by atoms with E-state index in [4.69, 9.17) is 0 Å². The van der Waals surface area contributed by atoms with Crippen molar-refractivity contribution >= 4 is 23.4 Å². The smallest absolute Gasteiger partial charge is 0.254 e. The third-order valence-corrected chi connectivity index (χ3v) is 14.7. The van der Waals surface area contributed by atoms with Gasteiger partial charge in [0, 0.05) is 57.3 Å². The molecule has 0 spiro atoms. The molecule has 9 nitrogen and oxygen atoms in total. The van der Waals surface area contributed by atoms with E-state index in [9.17, 15) is 19.5 Å². The highest BCUT2D eigenvalue weighted by atomic mass is 19.1. The highest BCUT2D eigenvalue weighted by Crippen LogP contribution is 2.47. The molecule has 3 heterocycles. The van der Waals surface area contributed by atoms with E-state index in [0.29, 0.717) is 23.5 Å². The van der Waals surface area contributed by atoms with Crippen molar-refractivity contribution in [3.63, 3.8) is 0 Å². The van der Waals surface area contributed by atoms with Crippen molar-refractivity contribution in [2.45, 2.75) is 88.0 Å². The molecule has 0 aromatic heterocycles. The first kappa shape index (κ1) is 41.3. The van der Waals surface area contributed by atoms with E-state index < -0.39 is 23.7 Å². The van der Waals surface area contributed by atoms with Gasteiger partial charge < -0.3 is 20.2 Å². The molecule has 1 saturated carbocycles. The Morgan fingerprint density at radius 3 is 2.08 bits per heavy atom. The minimum atomic E-state index is -0.836. The van der Waals surface area contributed by atoms with Crippen LogP contribution >= 0.6 is 0 Å². The maximum atomic E-state index is 15.2. The first-order chi connectivity index (χ1) is 29.8. The number of aryl methyl sites for hydroxylation is 1. The summed E-state index contributed by atoms with van der Waals surface area (Å²) >= 11 is 0. The number of carbonyl (C=O) groups is 3. The SMILES string of the molecule is O=C1CCC(NC(=O)c2ccc(C3CCN(C[C@@H]4CCCC[C@H]4CN4CCN(c5ccc([C@@H]6c7ccc(O)cc7CC[C@@H]6c6ccccc6)cc5)CC4)CC3)cc2F)C(=O)N1. The molecule has 4 fully saturated rings. The summed E-state index contributed by atoms with van der Waals surface area (Å²) in [4.78, 5) is 44.3. The summed E-state index contributed by atoms with van der Waals surface area (Å²) in [5.41, 5.74) is 7.47. The van der Waals surface area contributed by atoms with E-state index in [-0.39, 0.29) is 36.1 Å². The average molecular weight is 826 g/mol. The number of nitrogens with one attached hydrogen (secondary N) is 2. The number of phenols is 1. The highest BCUT2D eigenvalue weighted by molar-refractivity contribution is 6.03. The maximum Gasteiger partial charge on any atom is 0.254 e. The molecule has 61 heavy (non-hydrogen) atoms. The number of halogens is 1. The van der Waals surface area contributed by atoms with E-state index in [2.05, 4.69) is 86.0 Å². The van der Waals surface area contributed by atoms with Crippen molar-refractivity contribution in [1.29, 1.82) is 0 Å². The van der Waals surface area contributed by atoms with Crippen molar-refractivity contribution in [2.24, 2.45) is 11.8 Å². The second kappa shape index (κ2) is 18.5. The van der Waals surface area contributed by atoms with Gasteiger partial charge in [-0.15, -0.1) is 0 Å². The zero-order valence-electron chi connectivity index (χ0n) is 35.2. The van der Waals surface area contributed by atoms with Gasteiger partial charge in [0.25, 0.3) is 5.91 Å². The molecule has 2 aliphatic carbocycles. The molecule has 3 aliphatic heterocycles. The first-order valence-corrected chi connectivity index (χ1v) is 22.9. The molecule has 3 N–H and O–H groups in total. The lowest BCUT2D eigenvalue weighted by Crippen LogP contribution is -2.52. The van der Waals surface area contributed by atoms with Crippen LogP contribution in [0.25, 0.3) is 0 Å². The number of piperidine rings is 2. The third kappa shape index (κ3) is 9.41. The number of nitrogens with zero attached hydrogens (tertiary/aromatic N) is 3. The Kier molecular flexibility index (Phi) is 12.5. The van der Waals surface area contributed by atoms with Crippen LogP contribution in [0.5, 0.6) is 5.75 Å². The molecule has 5 atom stereocenters. The Balaban J connectivity index is 0.757. The molecule has 5 aliphatic rings. The predicted molar refractivity (Wildman–Crippen MR) is 236 cm³/mol. The lowest BCUT2D eigenvalue weighted by molar-refractivity contribution is -0.134. The van der Waals surface area contributed by atoms with E-state index in [1.807, 2.05) is 18.2 Å². The number of anilines is 1. The van der Waals surface area contributed by atoms with Crippen LogP contribution in [0.1, 0.15) is 114 Å². The molecule has 3 amide bonds. The van der Waals surface area contributed by atoms with E-state index in [1.165, 1.54) is 72.3 Å². The number of hydrogen-bond acceptors (Lipinski definition) is 7. The maximum absolute atomic E-state index is 15.2. The van der Waals surface area contributed by atoms with E-state index in [1.54, 1.807) is 0 Å². The van der Waals surface area contributed by atoms with Crippen molar-refractivity contribution < 1.29 is 23.9 Å². The lowest BCUT2D eigenvalue weighted by Gasteiger charge is -2.42. The monoisotopic (exact) mass is 825 g/mol. The summed E-state index contributed by atoms with van der Waals surface area (Å²) in [6, 6.07) is 30.3. The molecule has 4 aromatic rings. The number of rotatable bonds is 10. The molecule has 4 aromatic carbocycles. The van der Waals surface area contributed by atoms with E-state index in [0.717, 1.165) is 77.1 Å². The molecule has 1 unspecified atom stereocenters. The third-order valence-electron chi connectivity index (χ3n) is 14.7. The Morgan fingerprint density at radius 1 is 0.705 bits per heavy atom. The van der Waals surface area contributed by atoms with Gasteiger partial charge in [0.1, 0.15) is 17.6 Å². The second-order valence-corrected chi connectivity index (χ2v) is 18.4. The summed E-state index contributed by atoms with van der Waals surface area (Å²) in [6.45, 7) is 8.54. The summed E-state index contributed by atoms with van der Waals surface area (Å²) in [5, 5.41) is 15.1. The fourth-order valence-corrected chi connectivity index (χ4v) is 11.3.